The minimum absolute atomic E-state index is 0.111. The number of methoxy groups -OCH3 is 1. The largest absolute Gasteiger partial charge is 0.469 e. The number of ether oxygens (including phenoxy) is 2. The number of hydrogen-bond donors (Lipinski definition) is 1. The fraction of sp³-hybridized carbons (Fsp3) is 0.846. The molecule has 1 unspecified atom stereocenters. The maximum Gasteiger partial charge on any atom is 0.410 e. The molecule has 0 spiro atoms. The van der Waals surface area contributed by atoms with E-state index in [4.69, 9.17) is 4.74 Å². The Morgan fingerprint density at radius 1 is 1.37 bits per heavy atom. The van der Waals surface area contributed by atoms with E-state index in [2.05, 4.69) is 10.1 Å². The molecule has 1 rings (SSSR count). The van der Waals surface area contributed by atoms with E-state index in [1.54, 1.807) is 4.90 Å². The topological polar surface area (TPSA) is 67.9 Å². The minimum atomic E-state index is -0.483. The lowest BCUT2D eigenvalue weighted by Crippen LogP contribution is -2.53. The first-order valence-corrected chi connectivity index (χ1v) is 6.60. The molecule has 1 N–H and O–H groups in total. The molecule has 0 bridgehead atoms. The van der Waals surface area contributed by atoms with Crippen LogP contribution in [0, 0.1) is 0 Å². The number of piperazine rings is 1. The fourth-order valence-electron chi connectivity index (χ4n) is 1.91. The molecule has 6 heteroatoms. The molecule has 1 fully saturated rings. The lowest BCUT2D eigenvalue weighted by Gasteiger charge is -2.34. The zero-order valence-corrected chi connectivity index (χ0v) is 12.2. The molecule has 1 amide bonds. The summed E-state index contributed by atoms with van der Waals surface area (Å²) in [5, 5.41) is 3.29. The van der Waals surface area contributed by atoms with Gasteiger partial charge in [-0.25, -0.2) is 4.79 Å². The Labute approximate surface area is 114 Å². The molecular weight excluding hydrogens is 248 g/mol. The molecule has 19 heavy (non-hydrogen) atoms. The van der Waals surface area contributed by atoms with Crippen LogP contribution in [-0.4, -0.2) is 55.3 Å². The summed E-state index contributed by atoms with van der Waals surface area (Å²) in [7, 11) is 1.38. The zero-order valence-electron chi connectivity index (χ0n) is 12.2. The van der Waals surface area contributed by atoms with Gasteiger partial charge >= 0.3 is 12.1 Å². The van der Waals surface area contributed by atoms with Crippen molar-refractivity contribution in [2.24, 2.45) is 0 Å². The summed E-state index contributed by atoms with van der Waals surface area (Å²) in [6.07, 6.45) is 0.722. The predicted octanol–water partition coefficient (Wildman–Crippen LogP) is 1.15. The van der Waals surface area contributed by atoms with Crippen molar-refractivity contribution in [1.82, 2.24) is 10.2 Å². The SMILES string of the molecule is COC(=O)CCC1CN(C(=O)OC(C)(C)C)CCN1. The number of nitrogens with zero attached hydrogens (tertiary/aromatic N) is 1. The third-order valence-electron chi connectivity index (χ3n) is 2.83. The monoisotopic (exact) mass is 272 g/mol. The Morgan fingerprint density at radius 2 is 2.05 bits per heavy atom. The number of esters is 1. The van der Waals surface area contributed by atoms with Crippen molar-refractivity contribution in [2.45, 2.75) is 45.3 Å². The molecule has 1 saturated heterocycles. The van der Waals surface area contributed by atoms with E-state index in [0.717, 1.165) is 0 Å². The minimum Gasteiger partial charge on any atom is -0.469 e. The van der Waals surface area contributed by atoms with Crippen molar-refractivity contribution in [3.8, 4) is 0 Å². The third kappa shape index (κ3) is 5.92. The van der Waals surface area contributed by atoms with E-state index in [1.165, 1.54) is 7.11 Å². The highest BCUT2D eigenvalue weighted by Gasteiger charge is 2.27. The predicted molar refractivity (Wildman–Crippen MR) is 70.8 cm³/mol. The number of hydrogen-bond acceptors (Lipinski definition) is 5. The van der Waals surface area contributed by atoms with Crippen molar-refractivity contribution >= 4 is 12.1 Å². The van der Waals surface area contributed by atoms with Crippen LogP contribution in [0.3, 0.4) is 0 Å². The molecule has 0 radical (unpaired) electrons. The van der Waals surface area contributed by atoms with Gasteiger partial charge < -0.3 is 19.7 Å². The van der Waals surface area contributed by atoms with E-state index >= 15 is 0 Å². The van der Waals surface area contributed by atoms with Gasteiger partial charge in [0.05, 0.1) is 7.11 Å². The number of carbonyl (C=O) groups is 2. The molecular formula is C13H24N2O4. The molecule has 0 aromatic heterocycles. The van der Waals surface area contributed by atoms with E-state index in [-0.39, 0.29) is 18.1 Å². The molecule has 6 nitrogen and oxygen atoms in total. The maximum atomic E-state index is 11.9. The zero-order chi connectivity index (χ0) is 14.5. The lowest BCUT2D eigenvalue weighted by atomic mass is 10.1. The van der Waals surface area contributed by atoms with E-state index in [0.29, 0.717) is 32.5 Å². The Kier molecular flexibility index (Phi) is 5.60. The Balaban J connectivity index is 2.41. The fourth-order valence-corrected chi connectivity index (χ4v) is 1.91. The summed E-state index contributed by atoms with van der Waals surface area (Å²) < 4.78 is 9.95. The van der Waals surface area contributed by atoms with E-state index in [1.807, 2.05) is 20.8 Å². The Hall–Kier alpha value is -1.30. The van der Waals surface area contributed by atoms with Crippen molar-refractivity contribution in [3.05, 3.63) is 0 Å². The van der Waals surface area contributed by atoms with Crippen molar-refractivity contribution in [1.29, 1.82) is 0 Å². The van der Waals surface area contributed by atoms with Crippen molar-refractivity contribution < 1.29 is 19.1 Å². The van der Waals surface area contributed by atoms with Gasteiger partial charge in [0.2, 0.25) is 0 Å². The molecule has 0 aromatic carbocycles. The van der Waals surface area contributed by atoms with Gasteiger partial charge in [-0.2, -0.15) is 0 Å². The smallest absolute Gasteiger partial charge is 0.410 e. The Bertz CT molecular complexity index is 325. The van der Waals surface area contributed by atoms with Gasteiger partial charge in [0.25, 0.3) is 0 Å². The lowest BCUT2D eigenvalue weighted by molar-refractivity contribution is -0.140. The summed E-state index contributed by atoms with van der Waals surface area (Å²) in [6.45, 7) is 7.45. The maximum absolute atomic E-state index is 11.9. The highest BCUT2D eigenvalue weighted by Crippen LogP contribution is 2.12. The van der Waals surface area contributed by atoms with Crippen LogP contribution >= 0.6 is 0 Å². The van der Waals surface area contributed by atoms with Crippen LogP contribution in [0.1, 0.15) is 33.6 Å². The van der Waals surface area contributed by atoms with Crippen molar-refractivity contribution in [3.63, 3.8) is 0 Å². The first-order valence-electron chi connectivity index (χ1n) is 6.60. The molecule has 110 valence electrons. The summed E-state index contributed by atoms with van der Waals surface area (Å²) in [5.41, 5.74) is -0.483. The summed E-state index contributed by atoms with van der Waals surface area (Å²) in [6, 6.07) is 0.111. The van der Waals surface area contributed by atoms with Crippen LogP contribution in [0.2, 0.25) is 0 Å². The second-order valence-electron chi connectivity index (χ2n) is 5.69. The number of amides is 1. The first kappa shape index (κ1) is 15.8. The van der Waals surface area contributed by atoms with E-state index in [9.17, 15) is 9.59 Å². The molecule has 0 saturated carbocycles. The average Bonchev–Trinajstić information content (AvgIpc) is 2.34. The van der Waals surface area contributed by atoms with Crippen LogP contribution in [0.4, 0.5) is 4.79 Å². The summed E-state index contributed by atoms with van der Waals surface area (Å²) in [4.78, 5) is 24.7. The second kappa shape index (κ2) is 6.75. The summed E-state index contributed by atoms with van der Waals surface area (Å²) >= 11 is 0. The molecule has 1 aliphatic heterocycles. The number of rotatable bonds is 3. The summed E-state index contributed by atoms with van der Waals surface area (Å²) in [5.74, 6) is -0.226. The average molecular weight is 272 g/mol. The Morgan fingerprint density at radius 3 is 2.63 bits per heavy atom. The van der Waals surface area contributed by atoms with Gasteiger partial charge in [-0.05, 0) is 27.2 Å². The first-order chi connectivity index (χ1) is 8.81. The third-order valence-corrected chi connectivity index (χ3v) is 2.83. The normalized spacial score (nSPS) is 20.0. The van der Waals surface area contributed by atoms with Crippen molar-refractivity contribution in [2.75, 3.05) is 26.7 Å². The van der Waals surface area contributed by atoms with Crippen LogP contribution < -0.4 is 5.32 Å². The van der Waals surface area contributed by atoms with Gasteiger partial charge in [0, 0.05) is 32.1 Å². The van der Waals surface area contributed by atoms with Gasteiger partial charge in [0.15, 0.2) is 0 Å². The van der Waals surface area contributed by atoms with Crippen LogP contribution in [-0.2, 0) is 14.3 Å². The van der Waals surface area contributed by atoms with Gasteiger partial charge in [-0.3, -0.25) is 4.79 Å². The quantitative estimate of drug-likeness (QED) is 0.781. The molecule has 1 aliphatic rings. The van der Waals surface area contributed by atoms with Crippen LogP contribution in [0.15, 0.2) is 0 Å². The number of carbonyl (C=O) groups excluding carboxylic acids is 2. The molecule has 1 atom stereocenters. The van der Waals surface area contributed by atoms with E-state index < -0.39 is 5.60 Å². The second-order valence-corrected chi connectivity index (χ2v) is 5.69. The molecule has 0 aromatic rings. The highest BCUT2D eigenvalue weighted by molar-refractivity contribution is 5.69. The highest BCUT2D eigenvalue weighted by atomic mass is 16.6. The number of nitrogens with one attached hydrogen (secondary N) is 1. The molecule has 0 aliphatic carbocycles. The van der Waals surface area contributed by atoms with Gasteiger partial charge in [0.1, 0.15) is 5.60 Å². The van der Waals surface area contributed by atoms with Gasteiger partial charge in [-0.1, -0.05) is 0 Å². The standard InChI is InChI=1S/C13H24N2O4/c1-13(2,3)19-12(17)15-8-7-14-10(9-15)5-6-11(16)18-4/h10,14H,5-9H2,1-4H3. The molecule has 1 heterocycles. The van der Waals surface area contributed by atoms with Gasteiger partial charge in [-0.15, -0.1) is 0 Å². The van der Waals surface area contributed by atoms with Crippen LogP contribution in [0.25, 0.3) is 0 Å². The van der Waals surface area contributed by atoms with Crippen LogP contribution in [0.5, 0.6) is 0 Å².